The van der Waals surface area contributed by atoms with E-state index in [1.807, 2.05) is 50.2 Å². The lowest BCUT2D eigenvalue weighted by molar-refractivity contribution is -0.138. The molecular weight excluding hydrogens is 460 g/mol. The van der Waals surface area contributed by atoms with Gasteiger partial charge < -0.3 is 19.5 Å². The third kappa shape index (κ3) is 4.90. The Balaban J connectivity index is 1.53. The van der Waals surface area contributed by atoms with Crippen molar-refractivity contribution in [2.75, 3.05) is 19.7 Å². The van der Waals surface area contributed by atoms with Crippen LogP contribution in [0.15, 0.2) is 48.5 Å². The van der Waals surface area contributed by atoms with Crippen molar-refractivity contribution in [2.24, 2.45) is 0 Å². The van der Waals surface area contributed by atoms with Crippen molar-refractivity contribution in [1.29, 1.82) is 0 Å². The van der Waals surface area contributed by atoms with Crippen LogP contribution in [0.1, 0.15) is 58.1 Å². The van der Waals surface area contributed by atoms with Crippen molar-refractivity contribution in [3.05, 3.63) is 59.7 Å². The summed E-state index contributed by atoms with van der Waals surface area (Å²) in [6.45, 7) is 8.93. The second-order valence-electron chi connectivity index (χ2n) is 10.9. The number of benzene rings is 2. The fourth-order valence-corrected chi connectivity index (χ4v) is 5.38. The lowest BCUT2D eigenvalue weighted by Crippen LogP contribution is -2.57. The summed E-state index contributed by atoms with van der Waals surface area (Å²) in [4.78, 5) is 40.7. The van der Waals surface area contributed by atoms with Crippen LogP contribution in [0.25, 0.3) is 11.1 Å². The van der Waals surface area contributed by atoms with Crippen LogP contribution in [0.3, 0.4) is 0 Å². The zero-order valence-electron chi connectivity index (χ0n) is 21.5. The predicted molar refractivity (Wildman–Crippen MR) is 135 cm³/mol. The summed E-state index contributed by atoms with van der Waals surface area (Å²) in [5.41, 5.74) is 2.87. The van der Waals surface area contributed by atoms with Gasteiger partial charge >= 0.3 is 18.2 Å². The highest BCUT2D eigenvalue weighted by Gasteiger charge is 2.50. The van der Waals surface area contributed by atoms with Gasteiger partial charge in [-0.3, -0.25) is 9.69 Å². The van der Waals surface area contributed by atoms with E-state index in [4.69, 9.17) is 9.47 Å². The quantitative estimate of drug-likeness (QED) is 0.621. The summed E-state index contributed by atoms with van der Waals surface area (Å²) >= 11 is 0. The van der Waals surface area contributed by atoms with Crippen molar-refractivity contribution >= 4 is 18.2 Å². The molecule has 4 rings (SSSR count). The summed E-state index contributed by atoms with van der Waals surface area (Å²) in [5.74, 6) is -1.28. The summed E-state index contributed by atoms with van der Waals surface area (Å²) in [7, 11) is 0. The van der Waals surface area contributed by atoms with E-state index in [0.29, 0.717) is 13.0 Å². The van der Waals surface area contributed by atoms with Gasteiger partial charge in [0.05, 0.1) is 11.6 Å². The van der Waals surface area contributed by atoms with Crippen molar-refractivity contribution in [2.45, 2.75) is 64.1 Å². The Kier molecular flexibility index (Phi) is 6.73. The summed E-state index contributed by atoms with van der Waals surface area (Å²) in [5, 5.41) is 9.58. The monoisotopic (exact) mass is 494 g/mol. The van der Waals surface area contributed by atoms with E-state index in [0.717, 1.165) is 22.3 Å². The Bertz CT molecular complexity index is 1120. The minimum absolute atomic E-state index is 0.0892. The first kappa shape index (κ1) is 25.5. The highest BCUT2D eigenvalue weighted by molar-refractivity contribution is 5.80. The molecule has 0 saturated carbocycles. The van der Waals surface area contributed by atoms with Gasteiger partial charge in [-0.25, -0.2) is 9.59 Å². The van der Waals surface area contributed by atoms with Crippen LogP contribution >= 0.6 is 0 Å². The first-order chi connectivity index (χ1) is 16.9. The molecule has 1 heterocycles. The molecule has 1 aliphatic carbocycles. The second-order valence-corrected chi connectivity index (χ2v) is 10.9. The molecule has 2 amide bonds. The van der Waals surface area contributed by atoms with Crippen molar-refractivity contribution in [3.8, 4) is 11.1 Å². The van der Waals surface area contributed by atoms with Gasteiger partial charge in [-0.1, -0.05) is 48.5 Å². The second kappa shape index (κ2) is 9.48. The zero-order chi connectivity index (χ0) is 26.3. The molecule has 2 aliphatic rings. The smallest absolute Gasteiger partial charge is 0.410 e. The van der Waals surface area contributed by atoms with Crippen LogP contribution < -0.4 is 0 Å². The van der Waals surface area contributed by atoms with Gasteiger partial charge in [0.25, 0.3) is 0 Å². The third-order valence-corrected chi connectivity index (χ3v) is 7.00. The molecule has 8 nitrogen and oxygen atoms in total. The van der Waals surface area contributed by atoms with Crippen molar-refractivity contribution < 1.29 is 29.0 Å². The number of nitrogens with zero attached hydrogens (tertiary/aromatic N) is 2. The minimum Gasteiger partial charge on any atom is -0.480 e. The average molecular weight is 495 g/mol. The molecule has 1 unspecified atom stereocenters. The maximum atomic E-state index is 13.3. The Morgan fingerprint density at radius 1 is 1.03 bits per heavy atom. The number of carbonyl (C=O) groups excluding carboxylic acids is 2. The molecule has 1 saturated heterocycles. The largest absolute Gasteiger partial charge is 0.480 e. The molecule has 0 spiro atoms. The number of fused-ring (bicyclic) bond motifs is 3. The Morgan fingerprint density at radius 2 is 1.58 bits per heavy atom. The van der Waals surface area contributed by atoms with E-state index in [9.17, 15) is 19.5 Å². The van der Waals surface area contributed by atoms with E-state index in [-0.39, 0.29) is 12.5 Å². The molecule has 1 aliphatic heterocycles. The number of carboxylic acid groups (broad SMARTS) is 1. The zero-order valence-corrected chi connectivity index (χ0v) is 21.5. The average Bonchev–Trinajstić information content (AvgIpc) is 3.28. The Labute approximate surface area is 211 Å². The van der Waals surface area contributed by atoms with Gasteiger partial charge in [0.2, 0.25) is 0 Å². The number of ether oxygens (including phenoxy) is 2. The van der Waals surface area contributed by atoms with Gasteiger partial charge in [-0.05, 0) is 63.3 Å². The van der Waals surface area contributed by atoms with Gasteiger partial charge in [0.1, 0.15) is 18.8 Å². The van der Waals surface area contributed by atoms with Crippen LogP contribution in [0, 0.1) is 0 Å². The SMILES string of the molecule is CC(C)(C)OC(=O)N1CCC(N(CC(=O)O)C(=O)OCC2c3ccccc3-c3ccccc32)C1(C)C. The van der Waals surface area contributed by atoms with Crippen LogP contribution in [-0.4, -0.2) is 69.9 Å². The lowest BCUT2D eigenvalue weighted by atomic mass is 9.94. The molecule has 1 atom stereocenters. The first-order valence-electron chi connectivity index (χ1n) is 12.2. The number of hydrogen-bond donors (Lipinski definition) is 1. The van der Waals surface area contributed by atoms with Crippen molar-refractivity contribution in [1.82, 2.24) is 9.80 Å². The number of rotatable bonds is 5. The molecule has 2 aromatic rings. The molecule has 2 aromatic carbocycles. The molecule has 192 valence electrons. The summed E-state index contributed by atoms with van der Waals surface area (Å²) < 4.78 is 11.3. The number of aliphatic carboxylic acids is 1. The van der Waals surface area contributed by atoms with Crippen LogP contribution in [0.4, 0.5) is 9.59 Å². The molecule has 8 heteroatoms. The van der Waals surface area contributed by atoms with Gasteiger partial charge in [0, 0.05) is 12.5 Å². The fraction of sp³-hybridized carbons (Fsp3) is 0.464. The third-order valence-electron chi connectivity index (χ3n) is 7.00. The van der Waals surface area contributed by atoms with Crippen LogP contribution in [0.2, 0.25) is 0 Å². The highest BCUT2D eigenvalue weighted by atomic mass is 16.6. The lowest BCUT2D eigenvalue weighted by Gasteiger charge is -2.40. The molecule has 36 heavy (non-hydrogen) atoms. The molecule has 0 aromatic heterocycles. The van der Waals surface area contributed by atoms with Gasteiger partial charge in [-0.15, -0.1) is 0 Å². The first-order valence-corrected chi connectivity index (χ1v) is 12.2. The molecule has 0 radical (unpaired) electrons. The molecule has 0 bridgehead atoms. The van der Waals surface area contributed by atoms with E-state index in [2.05, 4.69) is 12.1 Å². The minimum atomic E-state index is -1.14. The summed E-state index contributed by atoms with van der Waals surface area (Å²) in [6.07, 6.45) is -0.773. The highest BCUT2D eigenvalue weighted by Crippen LogP contribution is 2.44. The van der Waals surface area contributed by atoms with Gasteiger partial charge in [0.15, 0.2) is 0 Å². The van der Waals surface area contributed by atoms with E-state index in [1.54, 1.807) is 25.7 Å². The van der Waals surface area contributed by atoms with Gasteiger partial charge in [-0.2, -0.15) is 0 Å². The van der Waals surface area contributed by atoms with Crippen LogP contribution in [0.5, 0.6) is 0 Å². The summed E-state index contributed by atoms with van der Waals surface area (Å²) in [6, 6.07) is 15.5. The fourth-order valence-electron chi connectivity index (χ4n) is 5.38. The number of likely N-dealkylation sites (tertiary alicyclic amines) is 1. The molecule has 1 fully saturated rings. The van der Waals surface area contributed by atoms with Crippen molar-refractivity contribution in [3.63, 3.8) is 0 Å². The predicted octanol–water partition coefficient (Wildman–Crippen LogP) is 5.11. The van der Waals surface area contributed by atoms with E-state index in [1.165, 1.54) is 4.90 Å². The number of hydrogen-bond acceptors (Lipinski definition) is 5. The Morgan fingerprint density at radius 3 is 2.11 bits per heavy atom. The normalized spacial score (nSPS) is 18.4. The standard InChI is InChI=1S/C28H34N2O6/c1-27(2,3)36-26(34)30-15-14-23(28(30,4)5)29(16-24(31)32)25(33)35-17-22-20-12-8-6-10-18(20)19-11-7-9-13-21(19)22/h6-13,22-23H,14-17H2,1-5H3,(H,31,32). The number of carboxylic acids is 1. The number of amides is 2. The van der Waals surface area contributed by atoms with E-state index < -0.39 is 41.9 Å². The van der Waals surface area contributed by atoms with E-state index >= 15 is 0 Å². The molecular formula is C28H34N2O6. The maximum Gasteiger partial charge on any atom is 0.410 e. The number of carbonyl (C=O) groups is 3. The van der Waals surface area contributed by atoms with Crippen LogP contribution in [-0.2, 0) is 14.3 Å². The maximum absolute atomic E-state index is 13.3. The Hall–Kier alpha value is -3.55. The topological polar surface area (TPSA) is 96.4 Å². The molecule has 1 N–H and O–H groups in total.